The fourth-order valence-electron chi connectivity index (χ4n) is 1.36. The highest BCUT2D eigenvalue weighted by Gasteiger charge is 1.98. The van der Waals surface area contributed by atoms with Crippen LogP contribution in [0.1, 0.15) is 16.7 Å². The normalized spacial score (nSPS) is 9.17. The fraction of sp³-hybridized carbons (Fsp3) is 0. The van der Waals surface area contributed by atoms with E-state index in [4.69, 9.17) is 5.26 Å². The maximum atomic E-state index is 13.5. The fourth-order valence-corrected chi connectivity index (χ4v) is 1.69. The van der Waals surface area contributed by atoms with Gasteiger partial charge in [-0.25, -0.2) is 4.39 Å². The van der Waals surface area contributed by atoms with E-state index < -0.39 is 0 Å². The van der Waals surface area contributed by atoms with Crippen LogP contribution in [0.15, 0.2) is 46.9 Å². The molecule has 86 valence electrons. The maximum absolute atomic E-state index is 13.5. The van der Waals surface area contributed by atoms with E-state index in [1.54, 1.807) is 36.4 Å². The summed E-state index contributed by atoms with van der Waals surface area (Å²) >= 11 is 3.19. The minimum atomic E-state index is -0.356. The van der Waals surface area contributed by atoms with Crippen molar-refractivity contribution in [2.24, 2.45) is 0 Å². The first-order valence-electron chi connectivity index (χ1n) is 5.16. The second-order valence-corrected chi connectivity index (χ2v) is 4.48. The number of benzene rings is 2. The van der Waals surface area contributed by atoms with E-state index >= 15 is 0 Å². The van der Waals surface area contributed by atoms with E-state index in [2.05, 4.69) is 27.8 Å². The Morgan fingerprint density at radius 1 is 0.944 bits per heavy atom. The minimum absolute atomic E-state index is 0.350. The Bertz CT molecular complexity index is 672. The minimum Gasteiger partial charge on any atom is -0.206 e. The molecular weight excluding hydrogens is 293 g/mol. The van der Waals surface area contributed by atoms with Crippen molar-refractivity contribution in [3.63, 3.8) is 0 Å². The summed E-state index contributed by atoms with van der Waals surface area (Å²) in [6, 6.07) is 13.6. The molecule has 0 fully saturated rings. The van der Waals surface area contributed by atoms with Crippen molar-refractivity contribution in [2.75, 3.05) is 0 Å². The van der Waals surface area contributed by atoms with Crippen molar-refractivity contribution in [1.82, 2.24) is 0 Å². The standard InChI is InChI=1S/C15H7BrFN/c16-14-8-7-13(15(17)9-14)6-5-11-1-3-12(10-18)4-2-11/h1-4,7-9H. The van der Waals surface area contributed by atoms with Gasteiger partial charge in [0.1, 0.15) is 5.82 Å². The Balaban J connectivity index is 2.28. The van der Waals surface area contributed by atoms with E-state index in [1.165, 1.54) is 6.07 Å². The zero-order chi connectivity index (χ0) is 13.0. The Kier molecular flexibility index (Phi) is 3.77. The highest BCUT2D eigenvalue weighted by atomic mass is 79.9. The first-order valence-corrected chi connectivity index (χ1v) is 5.95. The molecule has 0 aliphatic rings. The first-order chi connectivity index (χ1) is 8.69. The van der Waals surface area contributed by atoms with Crippen molar-refractivity contribution in [2.45, 2.75) is 0 Å². The van der Waals surface area contributed by atoms with Crippen LogP contribution in [0.2, 0.25) is 0 Å². The molecule has 0 saturated carbocycles. The second-order valence-electron chi connectivity index (χ2n) is 3.56. The van der Waals surface area contributed by atoms with E-state index in [0.717, 1.165) is 5.56 Å². The zero-order valence-electron chi connectivity index (χ0n) is 9.24. The summed E-state index contributed by atoms with van der Waals surface area (Å²) in [5, 5.41) is 8.66. The second kappa shape index (κ2) is 5.49. The van der Waals surface area contributed by atoms with E-state index in [-0.39, 0.29) is 5.82 Å². The molecule has 1 nitrogen and oxygen atoms in total. The van der Waals surface area contributed by atoms with Crippen LogP contribution in [0, 0.1) is 29.0 Å². The molecule has 0 amide bonds. The maximum Gasteiger partial charge on any atom is 0.139 e. The molecule has 0 bridgehead atoms. The molecular formula is C15H7BrFN. The van der Waals surface area contributed by atoms with Crippen LogP contribution in [0.5, 0.6) is 0 Å². The van der Waals surface area contributed by atoms with Gasteiger partial charge in [0, 0.05) is 10.0 Å². The first kappa shape index (κ1) is 12.4. The Morgan fingerprint density at radius 3 is 2.22 bits per heavy atom. The third-order valence-corrected chi connectivity index (χ3v) is 2.78. The third-order valence-electron chi connectivity index (χ3n) is 2.29. The lowest BCUT2D eigenvalue weighted by atomic mass is 10.1. The van der Waals surface area contributed by atoms with Crippen LogP contribution >= 0.6 is 15.9 Å². The molecule has 0 N–H and O–H groups in total. The number of halogens is 2. The lowest BCUT2D eigenvalue weighted by molar-refractivity contribution is 0.623. The predicted octanol–water partition coefficient (Wildman–Crippen LogP) is 3.86. The van der Waals surface area contributed by atoms with Gasteiger partial charge in [0.15, 0.2) is 0 Å². The summed E-state index contributed by atoms with van der Waals surface area (Å²) in [7, 11) is 0. The van der Waals surface area contributed by atoms with Crippen LogP contribution in [0.4, 0.5) is 4.39 Å². The van der Waals surface area contributed by atoms with E-state index in [0.29, 0.717) is 15.6 Å². The Labute approximate surface area is 113 Å². The number of hydrogen-bond donors (Lipinski definition) is 0. The summed E-state index contributed by atoms with van der Waals surface area (Å²) < 4.78 is 14.2. The van der Waals surface area contributed by atoms with E-state index in [1.807, 2.05) is 6.07 Å². The average molecular weight is 300 g/mol. The highest BCUT2D eigenvalue weighted by Crippen LogP contribution is 2.14. The van der Waals surface area contributed by atoms with Crippen molar-refractivity contribution >= 4 is 15.9 Å². The highest BCUT2D eigenvalue weighted by molar-refractivity contribution is 9.10. The number of rotatable bonds is 0. The van der Waals surface area contributed by atoms with Gasteiger partial charge in [0.25, 0.3) is 0 Å². The number of hydrogen-bond acceptors (Lipinski definition) is 1. The van der Waals surface area contributed by atoms with E-state index in [9.17, 15) is 4.39 Å². The SMILES string of the molecule is N#Cc1ccc(C#Cc2ccc(Br)cc2F)cc1. The van der Waals surface area contributed by atoms with Crippen molar-refractivity contribution < 1.29 is 4.39 Å². The topological polar surface area (TPSA) is 23.8 Å². The van der Waals surface area contributed by atoms with Gasteiger partial charge in [-0.1, -0.05) is 27.8 Å². The van der Waals surface area contributed by atoms with Crippen LogP contribution in [-0.4, -0.2) is 0 Å². The lowest BCUT2D eigenvalue weighted by Gasteiger charge is -1.95. The summed E-state index contributed by atoms with van der Waals surface area (Å²) in [5.74, 6) is 5.27. The van der Waals surface area contributed by atoms with Crippen molar-refractivity contribution in [1.29, 1.82) is 5.26 Å². The van der Waals surface area contributed by atoms with Gasteiger partial charge in [0.05, 0.1) is 17.2 Å². The molecule has 2 aromatic carbocycles. The Morgan fingerprint density at radius 2 is 1.61 bits per heavy atom. The summed E-state index contributed by atoms with van der Waals surface area (Å²) in [6.07, 6.45) is 0. The monoisotopic (exact) mass is 299 g/mol. The molecule has 0 unspecified atom stereocenters. The molecule has 0 aliphatic carbocycles. The molecule has 0 heterocycles. The average Bonchev–Trinajstić information content (AvgIpc) is 2.38. The molecule has 18 heavy (non-hydrogen) atoms. The summed E-state index contributed by atoms with van der Waals surface area (Å²) in [5.41, 5.74) is 1.68. The van der Waals surface area contributed by atoms with Gasteiger partial charge in [-0.2, -0.15) is 5.26 Å². The van der Waals surface area contributed by atoms with Gasteiger partial charge in [-0.3, -0.25) is 0 Å². The predicted molar refractivity (Wildman–Crippen MR) is 71.2 cm³/mol. The summed E-state index contributed by atoms with van der Waals surface area (Å²) in [6.45, 7) is 0. The van der Waals surface area contributed by atoms with Crippen LogP contribution in [0.3, 0.4) is 0 Å². The van der Waals surface area contributed by atoms with Crippen molar-refractivity contribution in [3.05, 3.63) is 69.4 Å². The lowest BCUT2D eigenvalue weighted by Crippen LogP contribution is -1.83. The molecule has 0 radical (unpaired) electrons. The third kappa shape index (κ3) is 2.97. The smallest absolute Gasteiger partial charge is 0.139 e. The molecule has 0 saturated heterocycles. The molecule has 0 spiro atoms. The summed E-state index contributed by atoms with van der Waals surface area (Å²) in [4.78, 5) is 0. The van der Waals surface area contributed by atoms with Gasteiger partial charge in [-0.05, 0) is 42.5 Å². The molecule has 0 aliphatic heterocycles. The van der Waals surface area contributed by atoms with Crippen LogP contribution in [-0.2, 0) is 0 Å². The van der Waals surface area contributed by atoms with Crippen molar-refractivity contribution in [3.8, 4) is 17.9 Å². The molecule has 3 heteroatoms. The molecule has 2 aromatic rings. The quantitative estimate of drug-likeness (QED) is 0.678. The van der Waals surface area contributed by atoms with Crippen LogP contribution in [0.25, 0.3) is 0 Å². The van der Waals surface area contributed by atoms with Gasteiger partial charge < -0.3 is 0 Å². The number of nitrogens with zero attached hydrogens (tertiary/aromatic N) is 1. The van der Waals surface area contributed by atoms with Crippen LogP contribution < -0.4 is 0 Å². The molecule has 2 rings (SSSR count). The van der Waals surface area contributed by atoms with Gasteiger partial charge >= 0.3 is 0 Å². The largest absolute Gasteiger partial charge is 0.206 e. The number of nitriles is 1. The molecule has 0 aromatic heterocycles. The Hall–Kier alpha value is -2.10. The van der Waals surface area contributed by atoms with Gasteiger partial charge in [0.2, 0.25) is 0 Å². The van der Waals surface area contributed by atoms with Gasteiger partial charge in [-0.15, -0.1) is 0 Å². The zero-order valence-corrected chi connectivity index (χ0v) is 10.8. The molecule has 0 atom stereocenters.